The lowest BCUT2D eigenvalue weighted by molar-refractivity contribution is -0.421. The molecule has 0 unspecified atom stereocenters. The number of benzene rings is 3. The maximum Gasteiger partial charge on any atom is 0.338 e. The zero-order valence-corrected chi connectivity index (χ0v) is 43.5. The Balaban J connectivity index is 1.39. The summed E-state index contributed by atoms with van der Waals surface area (Å²) >= 11 is 0. The quantitative estimate of drug-likeness (QED) is 0.0218. The van der Waals surface area contributed by atoms with E-state index in [-0.39, 0.29) is 16.9 Å². The first-order valence-corrected chi connectivity index (χ1v) is 25.2. The van der Waals surface area contributed by atoms with Crippen LogP contribution < -0.4 is 0 Å². The molecule has 4 heterocycles. The minimum Gasteiger partial charge on any atom is -0.508 e. The van der Waals surface area contributed by atoms with E-state index in [0.29, 0.717) is 5.56 Å². The van der Waals surface area contributed by atoms with E-state index >= 15 is 0 Å². The number of hydrogen-bond acceptors (Lipinski definition) is 29. The van der Waals surface area contributed by atoms with Gasteiger partial charge in [0.25, 0.3) is 0 Å². The summed E-state index contributed by atoms with van der Waals surface area (Å²) in [5, 5.41) is 129. The number of esters is 5. The van der Waals surface area contributed by atoms with E-state index in [9.17, 15) is 85.3 Å². The average Bonchev–Trinajstić information content (AvgIpc) is 3.19. The van der Waals surface area contributed by atoms with Crippen molar-refractivity contribution in [3.05, 3.63) is 102 Å². The van der Waals surface area contributed by atoms with E-state index in [2.05, 4.69) is 0 Å². The number of aliphatic hydroxyl groups is 9. The fourth-order valence-electron chi connectivity index (χ4n) is 8.91. The molecule has 4 aliphatic rings. The second kappa shape index (κ2) is 28.0. The lowest BCUT2D eigenvalue weighted by atomic mass is 9.95. The summed E-state index contributed by atoms with van der Waals surface area (Å²) in [5.41, 5.74) is 0.368. The van der Waals surface area contributed by atoms with Crippen LogP contribution in [0.3, 0.4) is 0 Å². The Morgan fingerprint density at radius 1 is 0.537 bits per heavy atom. The molecule has 4 aliphatic heterocycles. The summed E-state index contributed by atoms with van der Waals surface area (Å²) in [4.78, 5) is 66.1. The lowest BCUT2D eigenvalue weighted by Crippen LogP contribution is -2.69. The topological polar surface area (TPSA) is 439 Å². The van der Waals surface area contributed by atoms with Crippen LogP contribution in [-0.4, -0.2) is 240 Å². The summed E-state index contributed by atoms with van der Waals surface area (Å²) in [6.45, 7) is -3.12. The molecule has 82 heavy (non-hydrogen) atoms. The normalized spacial score (nSPS) is 33.8. The van der Waals surface area contributed by atoms with Gasteiger partial charge in [-0.05, 0) is 59.7 Å². The maximum absolute atomic E-state index is 14.0. The molecule has 4 saturated heterocycles. The molecule has 0 aromatic heterocycles. The van der Waals surface area contributed by atoms with Gasteiger partial charge in [0.2, 0.25) is 5.79 Å². The van der Waals surface area contributed by atoms with Crippen LogP contribution in [0.5, 0.6) is 17.2 Å². The largest absolute Gasteiger partial charge is 0.508 e. The number of hydrogen-bond donors (Lipinski definition) is 12. The number of aromatic hydroxyl groups is 3. The van der Waals surface area contributed by atoms with Crippen molar-refractivity contribution in [2.75, 3.05) is 33.0 Å². The Hall–Kier alpha value is -6.75. The summed E-state index contributed by atoms with van der Waals surface area (Å²) in [6.07, 6.45) is -34.0. The first-order chi connectivity index (χ1) is 39.0. The monoisotopic (exact) mass is 1160 g/mol. The predicted octanol–water partition coefficient (Wildman–Crippen LogP) is -3.10. The van der Waals surface area contributed by atoms with Gasteiger partial charge in [-0.2, -0.15) is 0 Å². The Morgan fingerprint density at radius 2 is 1.09 bits per heavy atom. The summed E-state index contributed by atoms with van der Waals surface area (Å²) in [6, 6.07) is 16.0. The van der Waals surface area contributed by atoms with E-state index in [1.807, 2.05) is 0 Å². The third kappa shape index (κ3) is 15.3. The predicted molar refractivity (Wildman–Crippen MR) is 266 cm³/mol. The van der Waals surface area contributed by atoms with Gasteiger partial charge in [-0.1, -0.05) is 36.4 Å². The third-order valence-electron chi connectivity index (χ3n) is 13.2. The average molecular weight is 1160 g/mol. The molecule has 0 saturated carbocycles. The first kappa shape index (κ1) is 62.8. The van der Waals surface area contributed by atoms with Gasteiger partial charge in [-0.3, -0.25) is 9.59 Å². The SMILES string of the molecule is CC(=O)OC[C@H]1O[C@@H](O[C@@H]2[C@@H](O[C@@H]3O[C@H](CO)[C@@H](O)[C@H](O)[C@H]3O)[C@@H](O[C@]3(COC(=O)C=Cc4ccc(O)c(O)c4)O[C@H](CO)[C@@H](O)[C@@H]3OC(=O)c3ccccc3)O[C@H](COC(C)=O)[C@H]2OC(=O)C=Cc2ccc(O)cc2)[C@H](O)[C@@H](O)[C@@H]1O. The molecule has 12 N–H and O–H groups in total. The van der Waals surface area contributed by atoms with Crippen LogP contribution in [0.4, 0.5) is 0 Å². The highest BCUT2D eigenvalue weighted by Gasteiger charge is 2.64. The van der Waals surface area contributed by atoms with Gasteiger partial charge in [0.1, 0.15) is 105 Å². The highest BCUT2D eigenvalue weighted by atomic mass is 16.8. The molecular formula is C53H62O29. The molecule has 448 valence electrons. The molecule has 3 aromatic carbocycles. The second-order valence-corrected chi connectivity index (χ2v) is 19.0. The summed E-state index contributed by atoms with van der Waals surface area (Å²) in [7, 11) is 0. The summed E-state index contributed by atoms with van der Waals surface area (Å²) in [5.74, 6) is -9.64. The van der Waals surface area contributed by atoms with E-state index < -0.39 is 191 Å². The van der Waals surface area contributed by atoms with Crippen molar-refractivity contribution in [2.24, 2.45) is 0 Å². The van der Waals surface area contributed by atoms with Crippen LogP contribution >= 0.6 is 0 Å². The van der Waals surface area contributed by atoms with Crippen LogP contribution in [0.15, 0.2) is 84.9 Å². The van der Waals surface area contributed by atoms with Gasteiger partial charge in [-0.15, -0.1) is 0 Å². The van der Waals surface area contributed by atoms with Gasteiger partial charge in [0.05, 0.1) is 18.8 Å². The standard InChI is InChI=1S/C53H62O29/c1-24(56)71-21-34-39(64)42(67)44(69)51(75-34)78-46-45(77-37(62)17-11-26-8-13-29(58)14-9-26)35(22-72-25(2)57)76-52(47(46)79-50-43(68)41(66)38(63)32(19-54)74-50)82-53(23-73-36(61)16-12-27-10-15-30(59)31(60)18-27)48(40(65)33(20-55)81-53)80-49(70)28-6-4-3-5-7-28/h3-18,32-35,38-48,50-52,54-55,58-60,63-69H,19-23H2,1-2H3/t32-,33-,34-,35-,38-,39-,40-,41+,42+,43-,44-,45-,46+,47-,48+,50+,51+,52-,53+/m1/s1. The van der Waals surface area contributed by atoms with E-state index in [1.54, 1.807) is 6.07 Å². The van der Waals surface area contributed by atoms with Crippen molar-refractivity contribution in [3.8, 4) is 17.2 Å². The van der Waals surface area contributed by atoms with Crippen LogP contribution in [0.1, 0.15) is 35.3 Å². The van der Waals surface area contributed by atoms with Gasteiger partial charge in [0.15, 0.2) is 42.6 Å². The molecule has 19 atom stereocenters. The van der Waals surface area contributed by atoms with Gasteiger partial charge in [0, 0.05) is 26.0 Å². The molecule has 29 nitrogen and oxygen atoms in total. The minimum absolute atomic E-state index is 0.121. The molecular weight excluding hydrogens is 1100 g/mol. The molecule has 0 aliphatic carbocycles. The number of ether oxygens (including phenoxy) is 12. The van der Waals surface area contributed by atoms with E-state index in [4.69, 9.17) is 56.8 Å². The third-order valence-corrected chi connectivity index (χ3v) is 13.2. The fraction of sp³-hybridized carbons (Fsp3) is 0.491. The molecule has 0 amide bonds. The molecule has 3 aromatic rings. The first-order valence-electron chi connectivity index (χ1n) is 25.2. The molecule has 7 rings (SSSR count). The number of rotatable bonds is 21. The zero-order valence-electron chi connectivity index (χ0n) is 43.5. The molecule has 0 radical (unpaired) electrons. The highest BCUT2D eigenvalue weighted by Crippen LogP contribution is 2.42. The fourth-order valence-corrected chi connectivity index (χ4v) is 8.91. The Kier molecular flexibility index (Phi) is 21.5. The van der Waals surface area contributed by atoms with E-state index in [1.165, 1.54) is 60.7 Å². The van der Waals surface area contributed by atoms with Crippen LogP contribution in [-0.2, 0) is 76.0 Å². The van der Waals surface area contributed by atoms with Gasteiger partial charge in [-0.25, -0.2) is 14.4 Å². The van der Waals surface area contributed by atoms with Crippen molar-refractivity contribution >= 4 is 42.0 Å². The molecule has 0 bridgehead atoms. The highest BCUT2D eigenvalue weighted by molar-refractivity contribution is 5.90. The van der Waals surface area contributed by atoms with Crippen molar-refractivity contribution in [1.29, 1.82) is 0 Å². The minimum atomic E-state index is -2.96. The van der Waals surface area contributed by atoms with Crippen molar-refractivity contribution in [1.82, 2.24) is 0 Å². The Labute approximate surface area is 465 Å². The van der Waals surface area contributed by atoms with Crippen LogP contribution in [0.25, 0.3) is 12.2 Å². The molecule has 29 heteroatoms. The number of aliphatic hydroxyl groups excluding tert-OH is 9. The lowest BCUT2D eigenvalue weighted by Gasteiger charge is -2.50. The smallest absolute Gasteiger partial charge is 0.338 e. The number of phenolic OH excluding ortho intramolecular Hbond substituents is 3. The maximum atomic E-state index is 14.0. The number of phenols is 3. The number of carbonyl (C=O) groups excluding carboxylic acids is 5. The summed E-state index contributed by atoms with van der Waals surface area (Å²) < 4.78 is 71.1. The second-order valence-electron chi connectivity index (χ2n) is 19.0. The van der Waals surface area contributed by atoms with Crippen LogP contribution in [0, 0.1) is 0 Å². The molecule has 0 spiro atoms. The zero-order chi connectivity index (χ0) is 59.6. The van der Waals surface area contributed by atoms with Gasteiger partial charge < -0.3 is 118 Å². The Bertz CT molecular complexity index is 2700. The van der Waals surface area contributed by atoms with Crippen LogP contribution in [0.2, 0.25) is 0 Å². The van der Waals surface area contributed by atoms with Crippen molar-refractivity contribution in [3.63, 3.8) is 0 Å². The van der Waals surface area contributed by atoms with E-state index in [0.717, 1.165) is 44.2 Å². The van der Waals surface area contributed by atoms with Crippen molar-refractivity contribution < 1.29 is 142 Å². The van der Waals surface area contributed by atoms with Crippen molar-refractivity contribution in [2.45, 2.75) is 130 Å². The molecule has 4 fully saturated rings. The number of carbonyl (C=O) groups is 5. The van der Waals surface area contributed by atoms with Gasteiger partial charge >= 0.3 is 29.8 Å². The Morgan fingerprint density at radius 3 is 1.70 bits per heavy atom.